The van der Waals surface area contributed by atoms with Crippen LogP contribution in [0.4, 0.5) is 0 Å². The standard InChI is InChI=1S/C14H28N2O3S2/c1-3-21(17,18)13-10-20-9-6-16(13)12-14(11-15-2)4-7-19-8-5-14/h13,15H,3-12H2,1-2H3. The van der Waals surface area contributed by atoms with Crippen molar-refractivity contribution in [2.24, 2.45) is 5.41 Å². The molecule has 2 aliphatic heterocycles. The van der Waals surface area contributed by atoms with Crippen LogP contribution in [0.1, 0.15) is 19.8 Å². The first-order valence-electron chi connectivity index (χ1n) is 7.79. The van der Waals surface area contributed by atoms with Crippen molar-refractivity contribution in [3.63, 3.8) is 0 Å². The number of sulfone groups is 1. The third kappa shape index (κ3) is 4.34. The predicted molar refractivity (Wildman–Crippen MR) is 88.6 cm³/mol. The minimum atomic E-state index is -3.01. The summed E-state index contributed by atoms with van der Waals surface area (Å²) in [6.45, 7) is 6.00. The van der Waals surface area contributed by atoms with Crippen molar-refractivity contribution < 1.29 is 13.2 Å². The van der Waals surface area contributed by atoms with E-state index in [0.29, 0.717) is 5.75 Å². The molecule has 2 heterocycles. The Bertz CT molecular complexity index is 416. The maximum atomic E-state index is 12.4. The molecule has 124 valence electrons. The van der Waals surface area contributed by atoms with Gasteiger partial charge in [-0.25, -0.2) is 8.42 Å². The summed E-state index contributed by atoms with van der Waals surface area (Å²) in [7, 11) is -1.03. The minimum Gasteiger partial charge on any atom is -0.381 e. The number of hydrogen-bond acceptors (Lipinski definition) is 6. The fraction of sp³-hybridized carbons (Fsp3) is 1.00. The molecule has 2 aliphatic rings. The lowest BCUT2D eigenvalue weighted by atomic mass is 9.79. The van der Waals surface area contributed by atoms with Gasteiger partial charge in [0.2, 0.25) is 0 Å². The first-order chi connectivity index (χ1) is 10.0. The molecule has 7 heteroatoms. The van der Waals surface area contributed by atoms with Crippen LogP contribution in [-0.2, 0) is 14.6 Å². The fourth-order valence-electron chi connectivity index (χ4n) is 3.32. The van der Waals surface area contributed by atoms with Crippen molar-refractivity contribution >= 4 is 21.6 Å². The molecule has 1 N–H and O–H groups in total. The molecule has 2 fully saturated rings. The van der Waals surface area contributed by atoms with E-state index in [1.54, 1.807) is 18.7 Å². The molecule has 5 nitrogen and oxygen atoms in total. The Labute approximate surface area is 133 Å². The van der Waals surface area contributed by atoms with Crippen molar-refractivity contribution in [1.29, 1.82) is 0 Å². The molecule has 0 aromatic heterocycles. The first kappa shape index (κ1) is 17.5. The van der Waals surface area contributed by atoms with Crippen LogP contribution in [0, 0.1) is 5.41 Å². The van der Waals surface area contributed by atoms with E-state index in [0.717, 1.165) is 51.4 Å². The highest BCUT2D eigenvalue weighted by Gasteiger charge is 2.40. The molecule has 1 atom stereocenters. The molecular formula is C14H28N2O3S2. The van der Waals surface area contributed by atoms with Crippen LogP contribution in [0.25, 0.3) is 0 Å². The zero-order valence-corrected chi connectivity index (χ0v) is 14.8. The van der Waals surface area contributed by atoms with Crippen LogP contribution in [0.2, 0.25) is 0 Å². The summed E-state index contributed by atoms with van der Waals surface area (Å²) in [5, 5.41) is 2.99. The Balaban J connectivity index is 2.13. The molecule has 2 saturated heterocycles. The van der Waals surface area contributed by atoms with Gasteiger partial charge in [-0.05, 0) is 25.3 Å². The summed E-state index contributed by atoms with van der Waals surface area (Å²) >= 11 is 1.76. The third-order valence-corrected chi connectivity index (χ3v) is 7.98. The molecule has 0 radical (unpaired) electrons. The number of ether oxygens (including phenoxy) is 1. The van der Waals surface area contributed by atoms with Gasteiger partial charge in [-0.1, -0.05) is 6.92 Å². The largest absolute Gasteiger partial charge is 0.381 e. The Morgan fingerprint density at radius 1 is 1.38 bits per heavy atom. The van der Waals surface area contributed by atoms with E-state index in [1.807, 2.05) is 7.05 Å². The average Bonchev–Trinajstić information content (AvgIpc) is 2.49. The van der Waals surface area contributed by atoms with Gasteiger partial charge in [0.25, 0.3) is 0 Å². The molecular weight excluding hydrogens is 308 g/mol. The summed E-state index contributed by atoms with van der Waals surface area (Å²) in [6.07, 6.45) is 2.02. The molecule has 1 unspecified atom stereocenters. The van der Waals surface area contributed by atoms with E-state index in [2.05, 4.69) is 10.2 Å². The molecule has 0 aliphatic carbocycles. The lowest BCUT2D eigenvalue weighted by Crippen LogP contribution is -2.54. The maximum absolute atomic E-state index is 12.4. The van der Waals surface area contributed by atoms with Crippen LogP contribution in [0.15, 0.2) is 0 Å². The van der Waals surface area contributed by atoms with E-state index < -0.39 is 9.84 Å². The normalized spacial score (nSPS) is 27.6. The van der Waals surface area contributed by atoms with Gasteiger partial charge in [0.1, 0.15) is 5.37 Å². The summed E-state index contributed by atoms with van der Waals surface area (Å²) < 4.78 is 30.3. The Hall–Kier alpha value is 0.180. The van der Waals surface area contributed by atoms with E-state index in [-0.39, 0.29) is 16.5 Å². The van der Waals surface area contributed by atoms with Crippen LogP contribution in [0.5, 0.6) is 0 Å². The van der Waals surface area contributed by atoms with Gasteiger partial charge in [0, 0.05) is 50.1 Å². The van der Waals surface area contributed by atoms with Gasteiger partial charge in [-0.3, -0.25) is 4.90 Å². The molecule has 0 saturated carbocycles. The lowest BCUT2D eigenvalue weighted by Gasteiger charge is -2.44. The fourth-order valence-corrected chi connectivity index (χ4v) is 6.40. The molecule has 0 aromatic rings. The first-order valence-corrected chi connectivity index (χ1v) is 10.7. The smallest absolute Gasteiger partial charge is 0.166 e. The molecule has 0 bridgehead atoms. The van der Waals surface area contributed by atoms with Gasteiger partial charge >= 0.3 is 0 Å². The van der Waals surface area contributed by atoms with Crippen molar-refractivity contribution in [3.05, 3.63) is 0 Å². The van der Waals surface area contributed by atoms with Crippen molar-refractivity contribution in [2.45, 2.75) is 25.1 Å². The van der Waals surface area contributed by atoms with Crippen molar-refractivity contribution in [1.82, 2.24) is 10.2 Å². The van der Waals surface area contributed by atoms with Crippen molar-refractivity contribution in [2.75, 3.05) is 57.2 Å². The second-order valence-corrected chi connectivity index (χ2v) is 9.69. The molecule has 2 rings (SSSR count). The third-order valence-electron chi connectivity index (χ3n) is 4.65. The topological polar surface area (TPSA) is 58.6 Å². The van der Waals surface area contributed by atoms with Crippen LogP contribution >= 0.6 is 11.8 Å². The quantitative estimate of drug-likeness (QED) is 0.775. The highest BCUT2D eigenvalue weighted by Crippen LogP contribution is 2.33. The molecule has 0 spiro atoms. The zero-order chi connectivity index (χ0) is 15.3. The van der Waals surface area contributed by atoms with Gasteiger partial charge in [0.05, 0.1) is 0 Å². The second-order valence-electron chi connectivity index (χ2n) is 6.09. The average molecular weight is 337 g/mol. The monoisotopic (exact) mass is 336 g/mol. The van der Waals surface area contributed by atoms with E-state index in [9.17, 15) is 8.42 Å². The van der Waals surface area contributed by atoms with Crippen LogP contribution in [0.3, 0.4) is 0 Å². The number of hydrogen-bond donors (Lipinski definition) is 1. The highest BCUT2D eigenvalue weighted by atomic mass is 32.2. The second kappa shape index (κ2) is 7.64. The maximum Gasteiger partial charge on any atom is 0.166 e. The summed E-state index contributed by atoms with van der Waals surface area (Å²) in [5.74, 6) is 1.97. The van der Waals surface area contributed by atoms with E-state index in [1.165, 1.54) is 0 Å². The van der Waals surface area contributed by atoms with E-state index >= 15 is 0 Å². The van der Waals surface area contributed by atoms with Gasteiger partial charge in [0.15, 0.2) is 9.84 Å². The van der Waals surface area contributed by atoms with Gasteiger partial charge in [-0.2, -0.15) is 11.8 Å². The van der Waals surface area contributed by atoms with Crippen molar-refractivity contribution in [3.8, 4) is 0 Å². The molecule has 21 heavy (non-hydrogen) atoms. The Kier molecular flexibility index (Phi) is 6.38. The predicted octanol–water partition coefficient (Wildman–Crippen LogP) is 0.812. The Morgan fingerprint density at radius 2 is 2.10 bits per heavy atom. The van der Waals surface area contributed by atoms with Crippen LogP contribution < -0.4 is 5.32 Å². The van der Waals surface area contributed by atoms with Gasteiger partial charge in [-0.15, -0.1) is 0 Å². The highest BCUT2D eigenvalue weighted by molar-refractivity contribution is 8.01. The number of rotatable bonds is 6. The summed E-state index contributed by atoms with van der Waals surface area (Å²) in [5.41, 5.74) is 0.149. The van der Waals surface area contributed by atoms with Gasteiger partial charge < -0.3 is 10.1 Å². The summed E-state index contributed by atoms with van der Waals surface area (Å²) in [6, 6.07) is 0. The molecule has 0 aromatic carbocycles. The zero-order valence-electron chi connectivity index (χ0n) is 13.1. The number of nitrogens with one attached hydrogen (secondary N) is 1. The number of nitrogens with zero attached hydrogens (tertiary/aromatic N) is 1. The lowest BCUT2D eigenvalue weighted by molar-refractivity contribution is -0.00421. The minimum absolute atomic E-state index is 0.149. The SMILES string of the molecule is CCS(=O)(=O)C1CSCCN1CC1(CNC)CCOCC1. The summed E-state index contributed by atoms with van der Waals surface area (Å²) in [4.78, 5) is 2.22. The Morgan fingerprint density at radius 3 is 2.71 bits per heavy atom. The number of thioether (sulfide) groups is 1. The van der Waals surface area contributed by atoms with Crippen LogP contribution in [-0.4, -0.2) is 75.8 Å². The molecule has 0 amide bonds. The van der Waals surface area contributed by atoms with E-state index in [4.69, 9.17) is 4.74 Å².